The Hall–Kier alpha value is -2.96. The van der Waals surface area contributed by atoms with E-state index in [1.165, 1.54) is 12.8 Å². The van der Waals surface area contributed by atoms with Crippen molar-refractivity contribution in [1.29, 1.82) is 0 Å². The van der Waals surface area contributed by atoms with Crippen molar-refractivity contribution in [3.05, 3.63) is 47.3 Å². The molecular formula is C23H27N3O4. The van der Waals surface area contributed by atoms with E-state index in [2.05, 4.69) is 11.5 Å². The van der Waals surface area contributed by atoms with Crippen molar-refractivity contribution in [3.8, 4) is 11.5 Å². The first-order valence-electron chi connectivity index (χ1n) is 10.7. The van der Waals surface area contributed by atoms with E-state index in [9.17, 15) is 9.59 Å². The third-order valence-electron chi connectivity index (χ3n) is 6.29. The molecule has 0 N–H and O–H groups in total. The lowest BCUT2D eigenvalue weighted by Crippen LogP contribution is -2.55. The predicted molar refractivity (Wildman–Crippen MR) is 111 cm³/mol. The van der Waals surface area contributed by atoms with E-state index < -0.39 is 6.10 Å². The number of aryl methyl sites for hydroxylation is 1. The van der Waals surface area contributed by atoms with Gasteiger partial charge in [0.05, 0.1) is 5.56 Å². The Morgan fingerprint density at radius 1 is 0.967 bits per heavy atom. The van der Waals surface area contributed by atoms with Crippen molar-refractivity contribution in [1.82, 2.24) is 14.4 Å². The topological polar surface area (TPSA) is 64.0 Å². The number of para-hydroxylation sites is 2. The summed E-state index contributed by atoms with van der Waals surface area (Å²) >= 11 is 0. The van der Waals surface area contributed by atoms with Gasteiger partial charge in [-0.3, -0.25) is 9.59 Å². The number of piperazine rings is 1. The maximum atomic E-state index is 13.1. The molecule has 0 bridgehead atoms. The molecule has 1 aliphatic carbocycles. The lowest BCUT2D eigenvalue weighted by Gasteiger charge is -2.37. The first-order chi connectivity index (χ1) is 14.5. The van der Waals surface area contributed by atoms with Crippen molar-refractivity contribution in [2.45, 2.75) is 38.8 Å². The summed E-state index contributed by atoms with van der Waals surface area (Å²) in [6, 6.07) is 9.95. The summed E-state index contributed by atoms with van der Waals surface area (Å²) in [5.41, 5.74) is 3.01. The summed E-state index contributed by atoms with van der Waals surface area (Å²) in [4.78, 5) is 29.7. The zero-order valence-electron chi connectivity index (χ0n) is 17.5. The Morgan fingerprint density at radius 2 is 1.63 bits per heavy atom. The molecule has 7 nitrogen and oxygen atoms in total. The number of carbonyl (C=O) groups excluding carboxylic acids is 2. The second-order valence-electron chi connectivity index (χ2n) is 8.37. The van der Waals surface area contributed by atoms with Gasteiger partial charge in [0.1, 0.15) is 6.61 Å². The zero-order valence-corrected chi connectivity index (χ0v) is 17.5. The van der Waals surface area contributed by atoms with Crippen molar-refractivity contribution in [2.75, 3.05) is 32.8 Å². The fourth-order valence-corrected chi connectivity index (χ4v) is 4.53. The molecule has 1 atom stereocenters. The van der Waals surface area contributed by atoms with Gasteiger partial charge in [-0.1, -0.05) is 12.1 Å². The number of fused-ring (bicyclic) bond motifs is 1. The number of rotatable bonds is 3. The third-order valence-corrected chi connectivity index (χ3v) is 6.29. The second kappa shape index (κ2) is 7.38. The number of amides is 2. The molecule has 0 unspecified atom stereocenters. The molecule has 1 aromatic carbocycles. The van der Waals surface area contributed by atoms with Crippen LogP contribution in [0, 0.1) is 13.8 Å². The van der Waals surface area contributed by atoms with Gasteiger partial charge < -0.3 is 23.8 Å². The van der Waals surface area contributed by atoms with Crippen LogP contribution in [0.3, 0.4) is 0 Å². The molecule has 2 aliphatic heterocycles. The molecule has 1 aromatic heterocycles. The highest BCUT2D eigenvalue weighted by molar-refractivity contribution is 5.96. The molecule has 1 saturated carbocycles. The van der Waals surface area contributed by atoms with Crippen molar-refractivity contribution in [2.24, 2.45) is 0 Å². The van der Waals surface area contributed by atoms with Crippen LogP contribution in [-0.4, -0.2) is 65.1 Å². The fourth-order valence-electron chi connectivity index (χ4n) is 4.53. The normalized spacial score (nSPS) is 20.9. The standard InChI is InChI=1S/C23H27N3O4/c1-15-13-18(16(2)26(15)17-7-8-17)22(27)24-9-11-25(12-10-24)23(28)21-14-29-19-5-3-4-6-20(19)30-21/h3-6,13,17,21H,7-12,14H2,1-2H3/t21-/m1/s1. The van der Waals surface area contributed by atoms with E-state index in [1.807, 2.05) is 42.2 Å². The molecule has 5 rings (SSSR count). The molecule has 2 aromatic rings. The van der Waals surface area contributed by atoms with Gasteiger partial charge in [0.2, 0.25) is 6.10 Å². The lowest BCUT2D eigenvalue weighted by atomic mass is 10.2. The Labute approximate surface area is 176 Å². The molecule has 158 valence electrons. The fraction of sp³-hybridized carbons (Fsp3) is 0.478. The summed E-state index contributed by atoms with van der Waals surface area (Å²) < 4.78 is 13.8. The van der Waals surface area contributed by atoms with E-state index in [0.29, 0.717) is 43.7 Å². The number of nitrogens with zero attached hydrogens (tertiary/aromatic N) is 3. The summed E-state index contributed by atoms with van der Waals surface area (Å²) in [6.45, 7) is 6.40. The highest BCUT2D eigenvalue weighted by Gasteiger charge is 2.35. The van der Waals surface area contributed by atoms with Crippen molar-refractivity contribution < 1.29 is 19.1 Å². The van der Waals surface area contributed by atoms with Gasteiger partial charge in [-0.15, -0.1) is 0 Å². The smallest absolute Gasteiger partial charge is 0.267 e. The highest BCUT2D eigenvalue weighted by Crippen LogP contribution is 2.38. The SMILES string of the molecule is Cc1cc(C(=O)N2CCN(C(=O)[C@H]3COc4ccccc4O3)CC2)c(C)n1C1CC1. The molecule has 2 amide bonds. The summed E-state index contributed by atoms with van der Waals surface area (Å²) in [5, 5.41) is 0. The number of hydrogen-bond donors (Lipinski definition) is 0. The molecule has 3 aliphatic rings. The summed E-state index contributed by atoms with van der Waals surface area (Å²) in [5.74, 6) is 1.25. The first-order valence-corrected chi connectivity index (χ1v) is 10.7. The molecular weight excluding hydrogens is 382 g/mol. The molecule has 3 heterocycles. The monoisotopic (exact) mass is 409 g/mol. The number of hydrogen-bond acceptors (Lipinski definition) is 4. The lowest BCUT2D eigenvalue weighted by molar-refractivity contribution is -0.142. The second-order valence-corrected chi connectivity index (χ2v) is 8.37. The van der Waals surface area contributed by atoms with Crippen molar-refractivity contribution in [3.63, 3.8) is 0 Å². The van der Waals surface area contributed by atoms with Gasteiger partial charge in [-0.05, 0) is 44.9 Å². The molecule has 30 heavy (non-hydrogen) atoms. The van der Waals surface area contributed by atoms with Crippen LogP contribution < -0.4 is 9.47 Å². The molecule has 1 saturated heterocycles. The van der Waals surface area contributed by atoms with Gasteiger partial charge in [0, 0.05) is 43.6 Å². The van der Waals surface area contributed by atoms with Crippen LogP contribution in [0.15, 0.2) is 30.3 Å². The average molecular weight is 409 g/mol. The van der Waals surface area contributed by atoms with Crippen LogP contribution in [0.5, 0.6) is 11.5 Å². The van der Waals surface area contributed by atoms with Gasteiger partial charge >= 0.3 is 0 Å². The highest BCUT2D eigenvalue weighted by atomic mass is 16.6. The zero-order chi connectivity index (χ0) is 20.8. The van der Waals surface area contributed by atoms with E-state index in [4.69, 9.17) is 9.47 Å². The van der Waals surface area contributed by atoms with E-state index >= 15 is 0 Å². The third kappa shape index (κ3) is 3.32. The van der Waals surface area contributed by atoms with Crippen LogP contribution >= 0.6 is 0 Å². The van der Waals surface area contributed by atoms with Gasteiger partial charge in [-0.2, -0.15) is 0 Å². The van der Waals surface area contributed by atoms with Crippen LogP contribution in [-0.2, 0) is 4.79 Å². The van der Waals surface area contributed by atoms with E-state index in [1.54, 1.807) is 4.90 Å². The van der Waals surface area contributed by atoms with Crippen LogP contribution in [0.4, 0.5) is 0 Å². The molecule has 0 radical (unpaired) electrons. The van der Waals surface area contributed by atoms with Crippen LogP contribution in [0.2, 0.25) is 0 Å². The predicted octanol–water partition coefficient (Wildman–Crippen LogP) is 2.56. The Morgan fingerprint density at radius 3 is 2.33 bits per heavy atom. The summed E-state index contributed by atoms with van der Waals surface area (Å²) in [6.07, 6.45) is 1.75. The largest absolute Gasteiger partial charge is 0.485 e. The quantitative estimate of drug-likeness (QED) is 0.782. The average Bonchev–Trinajstić information content (AvgIpc) is 3.56. The van der Waals surface area contributed by atoms with E-state index in [0.717, 1.165) is 17.0 Å². The Bertz CT molecular complexity index is 986. The van der Waals surface area contributed by atoms with Gasteiger partial charge in [0.25, 0.3) is 11.8 Å². The van der Waals surface area contributed by atoms with Crippen LogP contribution in [0.25, 0.3) is 0 Å². The summed E-state index contributed by atoms with van der Waals surface area (Å²) in [7, 11) is 0. The number of aromatic nitrogens is 1. The van der Waals surface area contributed by atoms with Gasteiger partial charge in [-0.25, -0.2) is 0 Å². The number of ether oxygens (including phenoxy) is 2. The first kappa shape index (κ1) is 19.0. The Kier molecular flexibility index (Phi) is 4.68. The van der Waals surface area contributed by atoms with Crippen molar-refractivity contribution >= 4 is 11.8 Å². The minimum atomic E-state index is -0.639. The number of carbonyl (C=O) groups is 2. The molecule has 7 heteroatoms. The maximum absolute atomic E-state index is 13.1. The van der Waals surface area contributed by atoms with E-state index in [-0.39, 0.29) is 18.4 Å². The minimum absolute atomic E-state index is 0.0632. The number of benzene rings is 1. The minimum Gasteiger partial charge on any atom is -0.485 e. The van der Waals surface area contributed by atoms with Gasteiger partial charge in [0.15, 0.2) is 11.5 Å². The molecule has 0 spiro atoms. The maximum Gasteiger partial charge on any atom is 0.267 e. The Balaban J connectivity index is 1.21. The van der Waals surface area contributed by atoms with Crippen LogP contribution in [0.1, 0.15) is 40.6 Å². The molecule has 2 fully saturated rings.